The van der Waals surface area contributed by atoms with Crippen molar-refractivity contribution in [3.8, 4) is 0 Å². The quantitative estimate of drug-likeness (QED) is 0.160. The zero-order valence-electron chi connectivity index (χ0n) is 36.0. The van der Waals surface area contributed by atoms with E-state index in [1.54, 1.807) is 71.9 Å². The number of rotatable bonds is 10. The van der Waals surface area contributed by atoms with Crippen LogP contribution in [-0.4, -0.2) is 109 Å². The average Bonchev–Trinajstić information content (AvgIpc) is 3.53. The smallest absolute Gasteiger partial charge is 0.408 e. The molecule has 1 unspecified atom stereocenters. The minimum atomic E-state index is -1.40. The molecule has 0 saturated carbocycles. The van der Waals surface area contributed by atoms with Crippen LogP contribution in [0.15, 0.2) is 66.7 Å². The van der Waals surface area contributed by atoms with Crippen molar-refractivity contribution in [1.82, 2.24) is 10.2 Å². The first-order valence-electron chi connectivity index (χ1n) is 20.8. The molecular formula is C46H62N2O11. The van der Waals surface area contributed by atoms with Crippen molar-refractivity contribution in [1.29, 1.82) is 0 Å². The van der Waals surface area contributed by atoms with Gasteiger partial charge in [0.2, 0.25) is 0 Å². The van der Waals surface area contributed by atoms with E-state index in [4.69, 9.17) is 28.4 Å². The molecule has 3 saturated heterocycles. The Morgan fingerprint density at radius 1 is 0.915 bits per heavy atom. The maximum Gasteiger partial charge on any atom is 0.408 e. The van der Waals surface area contributed by atoms with Crippen LogP contribution in [0.2, 0.25) is 0 Å². The zero-order chi connectivity index (χ0) is 43.2. The molecular weight excluding hydrogens is 757 g/mol. The number of fused-ring (bicyclic) bond motifs is 1. The number of hydrogen-bond acceptors (Lipinski definition) is 12. The minimum Gasteiger partial charge on any atom is -0.458 e. The molecule has 2 aromatic carbocycles. The van der Waals surface area contributed by atoms with E-state index >= 15 is 0 Å². The molecule has 3 aliphatic heterocycles. The van der Waals surface area contributed by atoms with Gasteiger partial charge in [-0.2, -0.15) is 0 Å². The Hall–Kier alpha value is -4.43. The van der Waals surface area contributed by atoms with Gasteiger partial charge in [-0.05, 0) is 78.7 Å². The fourth-order valence-corrected chi connectivity index (χ4v) is 8.99. The summed E-state index contributed by atoms with van der Waals surface area (Å²) < 4.78 is 38.3. The summed E-state index contributed by atoms with van der Waals surface area (Å²) in [4.78, 5) is 71.6. The van der Waals surface area contributed by atoms with Gasteiger partial charge in [0.1, 0.15) is 17.8 Å². The topological polar surface area (TPSA) is 156 Å². The lowest BCUT2D eigenvalue weighted by Gasteiger charge is -2.48. The standard InChI is InChI=1S/C46H62N2O11/c1-11-35-46(8)39(47-44(53)59-46)29(4)36(49)27(2)26-45(7,54-24-18-21-32-19-14-12-15-20-32)40(30(5)37(50)31(6)41(51)56-35)58-43-38(34(48(9)10)25-28(3)55-43)57-42(52)33-22-16-13-17-23-33/h12-23,27-31,34-35,38-40,43H,11,24-26H2,1-10H3,(H,47,53)/b21-18+/t27-,28-,29+,30+,31-,34+,35?,38-,39-,40-,43+,45-,46-/m1/s1. The molecule has 1 amide bonds. The molecule has 13 atom stereocenters. The second-order valence-electron chi connectivity index (χ2n) is 17.0. The summed E-state index contributed by atoms with van der Waals surface area (Å²) in [5.74, 6) is -5.86. The Labute approximate surface area is 348 Å². The summed E-state index contributed by atoms with van der Waals surface area (Å²) in [6.07, 6.45) is -0.742. The molecule has 0 aliphatic carbocycles. The molecule has 322 valence electrons. The number of nitrogens with one attached hydrogen (secondary N) is 1. The van der Waals surface area contributed by atoms with Crippen molar-refractivity contribution in [2.75, 3.05) is 20.7 Å². The van der Waals surface area contributed by atoms with Crippen LogP contribution in [0.3, 0.4) is 0 Å². The summed E-state index contributed by atoms with van der Waals surface area (Å²) in [5.41, 5.74) is -1.49. The highest BCUT2D eigenvalue weighted by Crippen LogP contribution is 2.41. The van der Waals surface area contributed by atoms with E-state index in [9.17, 15) is 24.0 Å². The highest BCUT2D eigenvalue weighted by atomic mass is 16.7. The maximum atomic E-state index is 14.7. The number of esters is 2. The summed E-state index contributed by atoms with van der Waals surface area (Å²) >= 11 is 0. The van der Waals surface area contributed by atoms with Gasteiger partial charge >= 0.3 is 18.0 Å². The van der Waals surface area contributed by atoms with Crippen LogP contribution in [0.4, 0.5) is 4.79 Å². The average molecular weight is 819 g/mol. The molecule has 13 nitrogen and oxygen atoms in total. The number of ketones is 2. The lowest BCUT2D eigenvalue weighted by Crippen LogP contribution is -2.61. The van der Waals surface area contributed by atoms with Crippen LogP contribution in [0.1, 0.15) is 90.6 Å². The van der Waals surface area contributed by atoms with Crippen LogP contribution in [-0.2, 0) is 42.8 Å². The number of benzene rings is 2. The number of nitrogens with zero attached hydrogens (tertiary/aromatic N) is 1. The van der Waals surface area contributed by atoms with Gasteiger partial charge < -0.3 is 38.6 Å². The van der Waals surface area contributed by atoms with Crippen molar-refractivity contribution >= 4 is 35.7 Å². The number of Topliss-reactive ketones (excluding diaryl/α,β-unsaturated/α-hetero) is 2. The lowest BCUT2D eigenvalue weighted by molar-refractivity contribution is -0.296. The number of hydrogen-bond donors (Lipinski definition) is 1. The number of amides is 1. The molecule has 0 bridgehead atoms. The Bertz CT molecular complexity index is 1820. The minimum absolute atomic E-state index is 0.0671. The fraction of sp³-hybridized carbons (Fsp3) is 0.587. The molecule has 3 fully saturated rings. The van der Waals surface area contributed by atoms with E-state index in [-0.39, 0.29) is 37.4 Å². The van der Waals surface area contributed by atoms with Crippen LogP contribution >= 0.6 is 0 Å². The molecule has 59 heavy (non-hydrogen) atoms. The van der Waals surface area contributed by atoms with E-state index in [1.807, 2.05) is 68.4 Å². The monoisotopic (exact) mass is 818 g/mol. The lowest BCUT2D eigenvalue weighted by atomic mass is 9.73. The molecule has 3 heterocycles. The third-order valence-electron chi connectivity index (χ3n) is 12.3. The van der Waals surface area contributed by atoms with Gasteiger partial charge in [0.05, 0.1) is 42.1 Å². The first-order valence-corrected chi connectivity index (χ1v) is 20.8. The third-order valence-corrected chi connectivity index (χ3v) is 12.3. The zero-order valence-corrected chi connectivity index (χ0v) is 36.0. The van der Waals surface area contributed by atoms with Gasteiger partial charge in [0.25, 0.3) is 0 Å². The number of ether oxygens (including phenoxy) is 6. The molecule has 0 aromatic heterocycles. The van der Waals surface area contributed by atoms with Crippen LogP contribution < -0.4 is 5.32 Å². The van der Waals surface area contributed by atoms with Crippen LogP contribution in [0, 0.1) is 23.7 Å². The maximum absolute atomic E-state index is 14.7. The summed E-state index contributed by atoms with van der Waals surface area (Å²) in [7, 11) is 3.77. The fourth-order valence-electron chi connectivity index (χ4n) is 8.99. The molecule has 1 N–H and O–H groups in total. The van der Waals surface area contributed by atoms with E-state index in [1.165, 1.54) is 6.92 Å². The second-order valence-corrected chi connectivity index (χ2v) is 17.0. The molecule has 13 heteroatoms. The first-order chi connectivity index (χ1) is 27.9. The summed E-state index contributed by atoms with van der Waals surface area (Å²) in [6.45, 7) is 13.9. The van der Waals surface area contributed by atoms with E-state index in [0.29, 0.717) is 12.0 Å². The number of carbonyl (C=O) groups is 5. The van der Waals surface area contributed by atoms with Gasteiger partial charge in [-0.3, -0.25) is 14.4 Å². The number of alkyl carbamates (subject to hydrolysis) is 1. The largest absolute Gasteiger partial charge is 0.458 e. The summed E-state index contributed by atoms with van der Waals surface area (Å²) in [6, 6.07) is 17.1. The van der Waals surface area contributed by atoms with Gasteiger partial charge in [-0.25, -0.2) is 9.59 Å². The molecule has 3 aliphatic rings. The molecule has 5 rings (SSSR count). The summed E-state index contributed by atoms with van der Waals surface area (Å²) in [5, 5.41) is 2.81. The third kappa shape index (κ3) is 10.3. The number of cyclic esters (lactones) is 1. The normalized spacial score (nSPS) is 36.0. The highest BCUT2D eigenvalue weighted by Gasteiger charge is 2.57. The van der Waals surface area contributed by atoms with Crippen molar-refractivity contribution in [2.45, 2.75) is 129 Å². The highest BCUT2D eigenvalue weighted by molar-refractivity contribution is 6.00. The first kappa shape index (κ1) is 45.7. The Morgan fingerprint density at radius 3 is 2.19 bits per heavy atom. The molecule has 0 radical (unpaired) electrons. The Kier molecular flexibility index (Phi) is 14.9. The van der Waals surface area contributed by atoms with Gasteiger partial charge in [-0.1, -0.05) is 88.4 Å². The SMILES string of the molecule is CCC1OC(=O)[C@H](C)C(=O)[C@H](C)[C@@H](O[C@@H]2O[C@H](C)C[C@H](N(C)C)[C@H]2OC(=O)c2ccccc2)[C@](C)(OC/C=C/c2ccccc2)C[C@@H](C)C(=O)[C@H](C)[C@H]2NC(=O)O[C@]12C. The van der Waals surface area contributed by atoms with Gasteiger partial charge in [-0.15, -0.1) is 0 Å². The van der Waals surface area contributed by atoms with Crippen molar-refractivity contribution in [3.05, 3.63) is 77.9 Å². The van der Waals surface area contributed by atoms with Crippen LogP contribution in [0.25, 0.3) is 6.08 Å². The van der Waals surface area contributed by atoms with Crippen LogP contribution in [0.5, 0.6) is 0 Å². The van der Waals surface area contributed by atoms with Gasteiger partial charge in [0.15, 0.2) is 23.8 Å². The van der Waals surface area contributed by atoms with Gasteiger partial charge in [0, 0.05) is 17.8 Å². The van der Waals surface area contributed by atoms with E-state index in [2.05, 4.69) is 5.32 Å². The Morgan fingerprint density at radius 2 is 1.56 bits per heavy atom. The molecule has 0 spiro atoms. The van der Waals surface area contributed by atoms with Crippen molar-refractivity contribution in [3.63, 3.8) is 0 Å². The van der Waals surface area contributed by atoms with Crippen molar-refractivity contribution < 1.29 is 52.4 Å². The van der Waals surface area contributed by atoms with Crippen molar-refractivity contribution in [2.24, 2.45) is 23.7 Å². The predicted molar refractivity (Wildman–Crippen MR) is 220 cm³/mol. The predicted octanol–water partition coefficient (Wildman–Crippen LogP) is 6.43. The second kappa shape index (κ2) is 19.3. The number of likely N-dealkylation sites (N-methyl/N-ethyl adjacent to an activating group) is 1. The molecule has 2 aromatic rings. The number of carbonyl (C=O) groups excluding carboxylic acids is 5. The Balaban J connectivity index is 1.61. The van der Waals surface area contributed by atoms with E-state index in [0.717, 1.165) is 5.56 Å². The van der Waals surface area contributed by atoms with E-state index < -0.39 is 89.3 Å².